The summed E-state index contributed by atoms with van der Waals surface area (Å²) in [6.45, 7) is -0.504. The fraction of sp³-hybridized carbons (Fsp3) is 0.231. The summed E-state index contributed by atoms with van der Waals surface area (Å²) in [4.78, 5) is 0. The third-order valence-corrected chi connectivity index (χ3v) is 6.56. The molecule has 6 rings (SSSR count). The number of fused-ring (bicyclic) bond motifs is 2. The minimum absolute atomic E-state index is 0.490. The molecule has 6 nitrogen and oxygen atoms in total. The average Bonchev–Trinajstić information content (AvgIpc) is 2.83. The lowest BCUT2D eigenvalue weighted by atomic mass is 9.91. The second-order valence-corrected chi connectivity index (χ2v) is 8.40. The number of hydrogen-bond donors (Lipinski definition) is 4. The van der Waals surface area contributed by atoms with Gasteiger partial charge in [0.25, 0.3) is 0 Å². The van der Waals surface area contributed by atoms with Gasteiger partial charge in [-0.2, -0.15) is 0 Å². The monoisotopic (exact) mass is 430 g/mol. The minimum atomic E-state index is -1.49. The molecule has 0 radical (unpaired) electrons. The maximum Gasteiger partial charge on any atom is 0.229 e. The summed E-state index contributed by atoms with van der Waals surface area (Å²) in [5, 5.41) is 48.7. The summed E-state index contributed by atoms with van der Waals surface area (Å²) >= 11 is 0. The third kappa shape index (κ3) is 2.78. The van der Waals surface area contributed by atoms with Gasteiger partial charge in [-0.1, -0.05) is 48.5 Å². The summed E-state index contributed by atoms with van der Waals surface area (Å²) in [6, 6.07) is 22.5. The lowest BCUT2D eigenvalue weighted by molar-refractivity contribution is -0.277. The first kappa shape index (κ1) is 19.7. The predicted octanol–water partition coefficient (Wildman–Crippen LogP) is 2.92. The van der Waals surface area contributed by atoms with Crippen LogP contribution in [0.25, 0.3) is 43.1 Å². The Hall–Kier alpha value is -3.00. The zero-order chi connectivity index (χ0) is 22.0. The second-order valence-electron chi connectivity index (χ2n) is 8.40. The maximum atomic E-state index is 10.4. The Balaban J connectivity index is 1.52. The van der Waals surface area contributed by atoms with Crippen molar-refractivity contribution < 1.29 is 29.9 Å². The summed E-state index contributed by atoms with van der Waals surface area (Å²) in [5.41, 5.74) is 0. The molecule has 5 aromatic carbocycles. The highest BCUT2D eigenvalue weighted by Gasteiger charge is 2.44. The van der Waals surface area contributed by atoms with Gasteiger partial charge in [-0.25, -0.2) is 0 Å². The van der Waals surface area contributed by atoms with Gasteiger partial charge in [0.2, 0.25) is 6.29 Å². The van der Waals surface area contributed by atoms with Crippen molar-refractivity contribution >= 4 is 43.1 Å². The van der Waals surface area contributed by atoms with Crippen LogP contribution in [0.1, 0.15) is 0 Å². The largest absolute Gasteiger partial charge is 0.461 e. The Kier molecular flexibility index (Phi) is 4.47. The van der Waals surface area contributed by atoms with Crippen molar-refractivity contribution in [1.29, 1.82) is 0 Å². The van der Waals surface area contributed by atoms with Crippen molar-refractivity contribution in [2.75, 3.05) is 6.61 Å². The number of benzene rings is 5. The van der Waals surface area contributed by atoms with E-state index in [2.05, 4.69) is 36.4 Å². The fourth-order valence-electron chi connectivity index (χ4n) is 4.92. The second kappa shape index (κ2) is 7.27. The number of hydrogen-bond acceptors (Lipinski definition) is 6. The Labute approximate surface area is 183 Å². The van der Waals surface area contributed by atoms with E-state index in [1.54, 1.807) is 6.07 Å². The molecule has 0 aliphatic carbocycles. The Morgan fingerprint density at radius 2 is 1.41 bits per heavy atom. The van der Waals surface area contributed by atoms with Gasteiger partial charge < -0.3 is 29.9 Å². The number of ether oxygens (including phenoxy) is 2. The number of aliphatic hydroxyl groups is 4. The molecule has 6 heteroatoms. The Bertz CT molecular complexity index is 1440. The highest BCUT2D eigenvalue weighted by atomic mass is 16.7. The van der Waals surface area contributed by atoms with E-state index in [0.717, 1.165) is 32.3 Å². The zero-order valence-electron chi connectivity index (χ0n) is 17.1. The molecule has 4 N–H and O–H groups in total. The summed E-state index contributed by atoms with van der Waals surface area (Å²) in [5.74, 6) is 0.490. The quantitative estimate of drug-likeness (QED) is 0.260. The van der Waals surface area contributed by atoms with Gasteiger partial charge in [0, 0.05) is 10.8 Å². The standard InChI is InChI=1S/C26H22O6/c27-12-20-23(28)24(29)25(30)26(32-20)31-19-10-7-13-5-8-17-16-4-2-1-3-14(16)11-15-6-9-18(19)21(13)22(15)17/h1-11,20,23-30H,12H2/t20-,23-,24+,25-,26-/m1/s1. The summed E-state index contributed by atoms with van der Waals surface area (Å²) in [7, 11) is 0. The van der Waals surface area contributed by atoms with Gasteiger partial charge in [0.15, 0.2) is 0 Å². The van der Waals surface area contributed by atoms with Crippen LogP contribution in [0.3, 0.4) is 0 Å². The third-order valence-electron chi connectivity index (χ3n) is 6.56. The highest BCUT2D eigenvalue weighted by molar-refractivity contribution is 6.29. The molecule has 5 atom stereocenters. The molecule has 0 spiro atoms. The van der Waals surface area contributed by atoms with Crippen LogP contribution in [0, 0.1) is 0 Å². The molecule has 32 heavy (non-hydrogen) atoms. The van der Waals surface area contributed by atoms with Gasteiger partial charge in [-0.3, -0.25) is 0 Å². The highest BCUT2D eigenvalue weighted by Crippen LogP contribution is 2.42. The molecule has 0 unspecified atom stereocenters. The molecule has 0 amide bonds. The lowest BCUT2D eigenvalue weighted by Gasteiger charge is -2.39. The molecule has 0 aromatic heterocycles. The van der Waals surface area contributed by atoms with Crippen LogP contribution >= 0.6 is 0 Å². The van der Waals surface area contributed by atoms with Gasteiger partial charge in [-0.15, -0.1) is 0 Å². The van der Waals surface area contributed by atoms with Gasteiger partial charge in [0.05, 0.1) is 6.61 Å². The van der Waals surface area contributed by atoms with E-state index in [-0.39, 0.29) is 0 Å². The first-order chi connectivity index (χ1) is 15.6. The molecule has 0 saturated carbocycles. The number of aliphatic hydroxyl groups excluding tert-OH is 4. The minimum Gasteiger partial charge on any atom is -0.461 e. The predicted molar refractivity (Wildman–Crippen MR) is 122 cm³/mol. The smallest absolute Gasteiger partial charge is 0.229 e. The Morgan fingerprint density at radius 3 is 2.25 bits per heavy atom. The topological polar surface area (TPSA) is 99.4 Å². The van der Waals surface area contributed by atoms with Crippen molar-refractivity contribution in [2.45, 2.75) is 30.7 Å². The van der Waals surface area contributed by atoms with E-state index < -0.39 is 37.3 Å². The molecule has 1 fully saturated rings. The van der Waals surface area contributed by atoms with Crippen LogP contribution < -0.4 is 4.74 Å². The molecular weight excluding hydrogens is 408 g/mol. The molecule has 0 bridgehead atoms. The van der Waals surface area contributed by atoms with E-state index in [0.29, 0.717) is 5.75 Å². The molecule has 1 aliphatic heterocycles. The van der Waals surface area contributed by atoms with E-state index in [1.165, 1.54) is 10.8 Å². The maximum absolute atomic E-state index is 10.4. The lowest BCUT2D eigenvalue weighted by Crippen LogP contribution is -2.60. The van der Waals surface area contributed by atoms with Crippen molar-refractivity contribution in [3.63, 3.8) is 0 Å². The van der Waals surface area contributed by atoms with Gasteiger partial charge in [0.1, 0.15) is 30.2 Å². The fourth-order valence-corrected chi connectivity index (χ4v) is 4.92. The van der Waals surface area contributed by atoms with Crippen LogP contribution in [0.5, 0.6) is 5.75 Å². The Morgan fingerprint density at radius 1 is 0.688 bits per heavy atom. The van der Waals surface area contributed by atoms with Crippen LogP contribution in [0.4, 0.5) is 0 Å². The first-order valence-electron chi connectivity index (χ1n) is 10.6. The molecule has 1 saturated heterocycles. The van der Waals surface area contributed by atoms with Crippen LogP contribution in [-0.4, -0.2) is 57.7 Å². The van der Waals surface area contributed by atoms with Crippen molar-refractivity contribution in [3.8, 4) is 5.75 Å². The number of rotatable bonds is 3. The van der Waals surface area contributed by atoms with Crippen molar-refractivity contribution in [1.82, 2.24) is 0 Å². The SMILES string of the molecule is OC[C@H]1O[C@@H](Oc2ccc3ccc4c5ccccc5cc5ccc2c3c54)[C@H](O)[C@@H](O)[C@@H]1O. The zero-order valence-corrected chi connectivity index (χ0v) is 17.1. The first-order valence-corrected chi connectivity index (χ1v) is 10.6. The van der Waals surface area contributed by atoms with E-state index in [1.807, 2.05) is 24.3 Å². The molecule has 5 aromatic rings. The molecule has 1 heterocycles. The summed E-state index contributed by atoms with van der Waals surface area (Å²) < 4.78 is 11.6. The van der Waals surface area contributed by atoms with Gasteiger partial charge >= 0.3 is 0 Å². The van der Waals surface area contributed by atoms with Crippen LogP contribution in [-0.2, 0) is 4.74 Å². The van der Waals surface area contributed by atoms with Crippen LogP contribution in [0.15, 0.2) is 66.7 Å². The molecule has 162 valence electrons. The van der Waals surface area contributed by atoms with E-state index in [4.69, 9.17) is 9.47 Å². The summed E-state index contributed by atoms with van der Waals surface area (Å²) in [6.07, 6.45) is -6.63. The van der Waals surface area contributed by atoms with E-state index in [9.17, 15) is 20.4 Å². The van der Waals surface area contributed by atoms with E-state index >= 15 is 0 Å². The normalized spacial score (nSPS) is 26.4. The van der Waals surface area contributed by atoms with Crippen LogP contribution in [0.2, 0.25) is 0 Å². The van der Waals surface area contributed by atoms with Crippen molar-refractivity contribution in [2.24, 2.45) is 0 Å². The molecular formula is C26H22O6. The van der Waals surface area contributed by atoms with Gasteiger partial charge in [-0.05, 0) is 50.5 Å². The van der Waals surface area contributed by atoms with Crippen molar-refractivity contribution in [3.05, 3.63) is 66.7 Å². The average molecular weight is 430 g/mol. The molecule has 1 aliphatic rings.